The molecule has 0 spiro atoms. The average molecular weight is 261 g/mol. The number of carboxylic acid groups (broad SMARTS) is 1. The fourth-order valence-electron chi connectivity index (χ4n) is 2.67. The van der Waals surface area contributed by atoms with E-state index in [-0.39, 0.29) is 0 Å². The Morgan fingerprint density at radius 2 is 2.00 bits per heavy atom. The average Bonchev–Trinajstić information content (AvgIpc) is 2.68. The number of rotatable bonds is 4. The monoisotopic (exact) mass is 261 g/mol. The lowest BCUT2D eigenvalue weighted by Crippen LogP contribution is -2.22. The van der Waals surface area contributed by atoms with Crippen molar-refractivity contribution in [1.82, 2.24) is 4.90 Å². The van der Waals surface area contributed by atoms with Crippen LogP contribution in [0.5, 0.6) is 0 Å². The van der Waals surface area contributed by atoms with Crippen LogP contribution in [0.25, 0.3) is 0 Å². The Morgan fingerprint density at radius 1 is 1.37 bits per heavy atom. The van der Waals surface area contributed by atoms with Crippen LogP contribution in [0.2, 0.25) is 0 Å². The van der Waals surface area contributed by atoms with Gasteiger partial charge in [0.15, 0.2) is 0 Å². The van der Waals surface area contributed by atoms with Crippen LogP contribution in [0.1, 0.15) is 44.2 Å². The number of nitrogens with zero attached hydrogens (tertiary/aromatic N) is 1. The second-order valence-electron chi connectivity index (χ2n) is 6.43. The van der Waals surface area contributed by atoms with Crippen molar-refractivity contribution in [3.8, 4) is 0 Å². The lowest BCUT2D eigenvalue weighted by molar-refractivity contribution is -0.138. The van der Waals surface area contributed by atoms with Gasteiger partial charge in [-0.05, 0) is 36.4 Å². The second kappa shape index (κ2) is 5.33. The smallest absolute Gasteiger partial charge is 0.310 e. The van der Waals surface area contributed by atoms with E-state index in [1.807, 2.05) is 12.1 Å². The molecule has 1 atom stereocenters. The van der Waals surface area contributed by atoms with Gasteiger partial charge in [-0.25, -0.2) is 0 Å². The first-order valence-corrected chi connectivity index (χ1v) is 6.91. The molecule has 1 aliphatic heterocycles. The standard InChI is InChI=1S/C16H23NO2/c1-12(15(18)19)14-6-4-13(5-7-14)10-17-9-8-16(2,3)11-17/h4-7,12H,8-11H2,1-3H3,(H,18,19). The predicted molar refractivity (Wildman–Crippen MR) is 76.2 cm³/mol. The van der Waals surface area contributed by atoms with Gasteiger partial charge in [0.05, 0.1) is 5.92 Å². The molecule has 1 fully saturated rings. The normalized spacial score (nSPS) is 20.4. The highest BCUT2D eigenvalue weighted by atomic mass is 16.4. The third kappa shape index (κ3) is 3.57. The summed E-state index contributed by atoms with van der Waals surface area (Å²) in [5.74, 6) is -1.20. The van der Waals surface area contributed by atoms with Crippen molar-refractivity contribution in [3.05, 3.63) is 35.4 Å². The molecule has 0 aliphatic carbocycles. The molecule has 0 bridgehead atoms. The van der Waals surface area contributed by atoms with Crippen molar-refractivity contribution in [1.29, 1.82) is 0 Å². The molecule has 1 aromatic rings. The van der Waals surface area contributed by atoms with Gasteiger partial charge in [-0.15, -0.1) is 0 Å². The minimum absolute atomic E-state index is 0.428. The SMILES string of the molecule is CC(C(=O)O)c1ccc(CN2CCC(C)(C)C2)cc1. The van der Waals surface area contributed by atoms with Crippen LogP contribution in [0.15, 0.2) is 24.3 Å². The third-order valence-electron chi connectivity index (χ3n) is 4.01. The summed E-state index contributed by atoms with van der Waals surface area (Å²) in [7, 11) is 0. The Balaban J connectivity index is 1.98. The maximum Gasteiger partial charge on any atom is 0.310 e. The molecule has 1 saturated heterocycles. The van der Waals surface area contributed by atoms with Crippen LogP contribution in [0, 0.1) is 5.41 Å². The van der Waals surface area contributed by atoms with Crippen molar-refractivity contribution < 1.29 is 9.90 Å². The highest BCUT2D eigenvalue weighted by Crippen LogP contribution is 2.29. The van der Waals surface area contributed by atoms with Gasteiger partial charge in [-0.3, -0.25) is 9.69 Å². The number of hydrogen-bond donors (Lipinski definition) is 1. The van der Waals surface area contributed by atoms with Crippen molar-refractivity contribution in [2.45, 2.75) is 39.7 Å². The van der Waals surface area contributed by atoms with Crippen LogP contribution in [0.4, 0.5) is 0 Å². The molecule has 0 saturated carbocycles. The zero-order chi connectivity index (χ0) is 14.0. The molecule has 0 amide bonds. The van der Waals surface area contributed by atoms with E-state index in [0.717, 1.165) is 25.2 Å². The zero-order valence-corrected chi connectivity index (χ0v) is 12.0. The Bertz CT molecular complexity index is 450. The molecule has 1 aliphatic rings. The first-order valence-electron chi connectivity index (χ1n) is 6.91. The summed E-state index contributed by atoms with van der Waals surface area (Å²) >= 11 is 0. The number of carbonyl (C=O) groups is 1. The molecule has 1 heterocycles. The van der Waals surface area contributed by atoms with Gasteiger partial charge >= 0.3 is 5.97 Å². The maximum atomic E-state index is 10.9. The Hall–Kier alpha value is -1.35. The summed E-state index contributed by atoms with van der Waals surface area (Å²) in [5.41, 5.74) is 2.56. The number of hydrogen-bond acceptors (Lipinski definition) is 2. The van der Waals surface area contributed by atoms with Crippen molar-refractivity contribution in [3.63, 3.8) is 0 Å². The second-order valence-corrected chi connectivity index (χ2v) is 6.43. The Morgan fingerprint density at radius 3 is 2.47 bits per heavy atom. The topological polar surface area (TPSA) is 40.5 Å². The van der Waals surface area contributed by atoms with Crippen LogP contribution in [0.3, 0.4) is 0 Å². The quantitative estimate of drug-likeness (QED) is 0.905. The highest BCUT2D eigenvalue weighted by molar-refractivity contribution is 5.75. The molecule has 0 aromatic heterocycles. The predicted octanol–water partition coefficient (Wildman–Crippen LogP) is 3.11. The summed E-state index contributed by atoms with van der Waals surface area (Å²) in [4.78, 5) is 13.4. The van der Waals surface area contributed by atoms with E-state index in [1.54, 1.807) is 6.92 Å². The van der Waals surface area contributed by atoms with Crippen molar-refractivity contribution >= 4 is 5.97 Å². The zero-order valence-electron chi connectivity index (χ0n) is 12.0. The first kappa shape index (κ1) is 14.1. The van der Waals surface area contributed by atoms with Gasteiger partial charge in [0.25, 0.3) is 0 Å². The molecule has 1 N–H and O–H groups in total. The first-order chi connectivity index (χ1) is 8.87. The molecule has 19 heavy (non-hydrogen) atoms. The summed E-state index contributed by atoms with van der Waals surface area (Å²) in [6, 6.07) is 7.99. The Labute approximate surface area is 115 Å². The number of carboxylic acids is 1. The number of likely N-dealkylation sites (tertiary alicyclic amines) is 1. The summed E-state index contributed by atoms with van der Waals surface area (Å²) in [6.45, 7) is 9.60. The fourth-order valence-corrected chi connectivity index (χ4v) is 2.67. The van der Waals surface area contributed by atoms with Gasteiger partial charge in [0.2, 0.25) is 0 Å². The summed E-state index contributed by atoms with van der Waals surface area (Å²) < 4.78 is 0. The maximum absolute atomic E-state index is 10.9. The largest absolute Gasteiger partial charge is 0.481 e. The molecule has 1 aromatic carbocycles. The van der Waals surface area contributed by atoms with E-state index in [2.05, 4.69) is 30.9 Å². The van der Waals surface area contributed by atoms with E-state index in [4.69, 9.17) is 5.11 Å². The molecule has 104 valence electrons. The molecule has 2 rings (SSSR count). The molecule has 1 unspecified atom stereocenters. The minimum Gasteiger partial charge on any atom is -0.481 e. The van der Waals surface area contributed by atoms with E-state index < -0.39 is 11.9 Å². The lowest BCUT2D eigenvalue weighted by atomic mass is 9.93. The van der Waals surface area contributed by atoms with Crippen molar-refractivity contribution in [2.24, 2.45) is 5.41 Å². The minimum atomic E-state index is -0.769. The summed E-state index contributed by atoms with van der Waals surface area (Å²) in [6.07, 6.45) is 1.25. The molecule has 3 nitrogen and oxygen atoms in total. The van der Waals surface area contributed by atoms with Crippen LogP contribution >= 0.6 is 0 Å². The van der Waals surface area contributed by atoms with E-state index >= 15 is 0 Å². The van der Waals surface area contributed by atoms with Crippen LogP contribution in [-0.2, 0) is 11.3 Å². The molecule has 0 radical (unpaired) electrons. The van der Waals surface area contributed by atoms with Gasteiger partial charge in [-0.2, -0.15) is 0 Å². The van der Waals surface area contributed by atoms with Crippen molar-refractivity contribution in [2.75, 3.05) is 13.1 Å². The van der Waals surface area contributed by atoms with Crippen LogP contribution < -0.4 is 0 Å². The van der Waals surface area contributed by atoms with Gasteiger partial charge < -0.3 is 5.11 Å². The van der Waals surface area contributed by atoms with E-state index in [0.29, 0.717) is 5.41 Å². The van der Waals surface area contributed by atoms with E-state index in [9.17, 15) is 4.79 Å². The molecular weight excluding hydrogens is 238 g/mol. The Kier molecular flexibility index (Phi) is 3.95. The fraction of sp³-hybridized carbons (Fsp3) is 0.562. The molecular formula is C16H23NO2. The molecule has 3 heteroatoms. The van der Waals surface area contributed by atoms with Crippen LogP contribution in [-0.4, -0.2) is 29.1 Å². The number of aliphatic carboxylic acids is 1. The lowest BCUT2D eigenvalue weighted by Gasteiger charge is -2.19. The van der Waals surface area contributed by atoms with Gasteiger partial charge in [-0.1, -0.05) is 38.1 Å². The van der Waals surface area contributed by atoms with Gasteiger partial charge in [0.1, 0.15) is 0 Å². The third-order valence-corrected chi connectivity index (χ3v) is 4.01. The highest BCUT2D eigenvalue weighted by Gasteiger charge is 2.28. The summed E-state index contributed by atoms with van der Waals surface area (Å²) in [5, 5.41) is 8.98. The van der Waals surface area contributed by atoms with E-state index in [1.165, 1.54) is 12.0 Å². The number of benzene rings is 1. The van der Waals surface area contributed by atoms with Gasteiger partial charge in [0, 0.05) is 13.1 Å².